The Morgan fingerprint density at radius 2 is 1.59 bits per heavy atom. The lowest BCUT2D eigenvalue weighted by Gasteiger charge is -2.16. The number of hydrogen-bond donors (Lipinski definition) is 2. The number of nitrogens with zero attached hydrogens (tertiary/aromatic N) is 4. The van der Waals surface area contributed by atoms with Gasteiger partial charge in [-0.05, 0) is 49.9 Å². The summed E-state index contributed by atoms with van der Waals surface area (Å²) in [6.07, 6.45) is 6.09. The van der Waals surface area contributed by atoms with Gasteiger partial charge in [0.05, 0.1) is 11.8 Å². The molecular formula is C27H30N6O6. The molecule has 12 nitrogen and oxygen atoms in total. The normalized spacial score (nSPS) is 18.6. The van der Waals surface area contributed by atoms with E-state index in [1.807, 2.05) is 26.0 Å². The molecule has 1 aliphatic heterocycles. The molecule has 0 spiro atoms. The van der Waals surface area contributed by atoms with Gasteiger partial charge in [-0.15, -0.1) is 0 Å². The highest BCUT2D eigenvalue weighted by atomic mass is 16.5. The van der Waals surface area contributed by atoms with Crippen LogP contribution in [0.2, 0.25) is 0 Å². The van der Waals surface area contributed by atoms with Crippen LogP contribution in [0.25, 0.3) is 22.6 Å². The van der Waals surface area contributed by atoms with Crippen LogP contribution < -0.4 is 21.4 Å². The Hall–Kier alpha value is -4.48. The number of H-pyrrole nitrogens is 1. The number of allylic oxidation sites excluding steroid dienone is 2. The molecule has 0 saturated carbocycles. The molecule has 1 saturated heterocycles. The van der Waals surface area contributed by atoms with Crippen LogP contribution in [-0.4, -0.2) is 48.4 Å². The fraction of sp³-hybridized carbons (Fsp3) is 0.407. The number of aromatic nitrogens is 4. The Balaban J connectivity index is 1.28. The molecule has 39 heavy (non-hydrogen) atoms. The second kappa shape index (κ2) is 10.7. The summed E-state index contributed by atoms with van der Waals surface area (Å²) in [5, 5.41) is 0.811. The van der Waals surface area contributed by atoms with Crippen molar-refractivity contribution < 1.29 is 19.1 Å². The van der Waals surface area contributed by atoms with Gasteiger partial charge in [0.15, 0.2) is 12.3 Å². The van der Waals surface area contributed by atoms with Crippen molar-refractivity contribution in [3.8, 4) is 17.1 Å². The molecule has 1 fully saturated rings. The minimum Gasteiger partial charge on any atom is -0.484 e. The quantitative estimate of drug-likeness (QED) is 0.314. The predicted octanol–water partition coefficient (Wildman–Crippen LogP) is 1.73. The van der Waals surface area contributed by atoms with Gasteiger partial charge in [-0.3, -0.25) is 33.7 Å². The number of benzene rings is 1. The van der Waals surface area contributed by atoms with E-state index < -0.39 is 41.7 Å². The van der Waals surface area contributed by atoms with E-state index in [4.69, 9.17) is 4.74 Å². The summed E-state index contributed by atoms with van der Waals surface area (Å²) in [6.45, 7) is 4.22. The molecule has 12 heteroatoms. The van der Waals surface area contributed by atoms with E-state index in [0.29, 0.717) is 61.6 Å². The number of aryl methyl sites for hydroxylation is 1. The van der Waals surface area contributed by atoms with E-state index in [-0.39, 0.29) is 11.2 Å². The fourth-order valence-electron chi connectivity index (χ4n) is 5.07. The van der Waals surface area contributed by atoms with Crippen LogP contribution in [0, 0.1) is 11.8 Å². The zero-order valence-electron chi connectivity index (χ0n) is 21.8. The average Bonchev–Trinajstić information content (AvgIpc) is 3.49. The summed E-state index contributed by atoms with van der Waals surface area (Å²) in [5.74, 6) is -1.47. The number of amides is 3. The van der Waals surface area contributed by atoms with Crippen molar-refractivity contribution in [1.29, 1.82) is 0 Å². The minimum atomic E-state index is -0.623. The summed E-state index contributed by atoms with van der Waals surface area (Å²) >= 11 is 0. The van der Waals surface area contributed by atoms with Crippen LogP contribution in [-0.2, 0) is 27.5 Å². The lowest BCUT2D eigenvalue weighted by atomic mass is 9.85. The van der Waals surface area contributed by atoms with Crippen molar-refractivity contribution in [2.75, 3.05) is 6.61 Å². The molecule has 0 bridgehead atoms. The first-order valence-electron chi connectivity index (χ1n) is 13.1. The lowest BCUT2D eigenvalue weighted by molar-refractivity contribution is -0.149. The molecule has 204 valence electrons. The van der Waals surface area contributed by atoms with Crippen LogP contribution >= 0.6 is 0 Å². The van der Waals surface area contributed by atoms with Gasteiger partial charge in [0.2, 0.25) is 0 Å². The molecule has 2 N–H and O–H groups in total. The Morgan fingerprint density at radius 3 is 2.21 bits per heavy atom. The molecule has 3 aromatic rings. The summed E-state index contributed by atoms with van der Waals surface area (Å²) in [4.78, 5) is 70.9. The van der Waals surface area contributed by atoms with Gasteiger partial charge in [0, 0.05) is 18.7 Å². The number of ether oxygens (including phenoxy) is 1. The maximum Gasteiger partial charge on any atom is 0.332 e. The van der Waals surface area contributed by atoms with Gasteiger partial charge in [-0.1, -0.05) is 26.0 Å². The number of aromatic amines is 1. The van der Waals surface area contributed by atoms with Crippen molar-refractivity contribution >= 4 is 28.9 Å². The van der Waals surface area contributed by atoms with Crippen LogP contribution in [0.4, 0.5) is 0 Å². The number of rotatable bonds is 9. The van der Waals surface area contributed by atoms with E-state index in [1.54, 1.807) is 24.3 Å². The molecule has 5 rings (SSSR count). The highest BCUT2D eigenvalue weighted by molar-refractivity contribution is 6.06. The SMILES string of the molecule is CCCn1c(=O)c2[nH]c(-c3ccc(OCC(=O)NN4C(=O)C5CC=CCC5C4=O)cc3)nc2n(CCC)c1=O. The molecule has 2 aromatic heterocycles. The van der Waals surface area contributed by atoms with Crippen molar-refractivity contribution in [3.05, 3.63) is 57.3 Å². The Kier molecular flexibility index (Phi) is 7.18. The standard InChI is InChI=1S/C27H30N6O6/c1-3-13-31-23-21(26(37)32(14-4-2)27(31)38)28-22(29-23)16-9-11-17(12-10-16)39-15-20(34)30-33-24(35)18-7-5-6-8-19(18)25(33)36/h5-6,9-12,18-19H,3-4,7-8,13-15H2,1-2H3,(H,28,29)(H,30,34). The lowest BCUT2D eigenvalue weighted by Crippen LogP contribution is -2.48. The second-order valence-electron chi connectivity index (χ2n) is 9.69. The fourth-order valence-corrected chi connectivity index (χ4v) is 5.07. The molecule has 2 unspecified atom stereocenters. The van der Waals surface area contributed by atoms with Crippen molar-refractivity contribution in [2.45, 2.75) is 52.6 Å². The number of fused-ring (bicyclic) bond motifs is 2. The number of carbonyl (C=O) groups is 3. The zero-order chi connectivity index (χ0) is 27.7. The van der Waals surface area contributed by atoms with E-state index in [9.17, 15) is 24.0 Å². The van der Waals surface area contributed by atoms with Crippen molar-refractivity contribution in [1.82, 2.24) is 29.5 Å². The van der Waals surface area contributed by atoms with Crippen LogP contribution in [0.15, 0.2) is 46.0 Å². The van der Waals surface area contributed by atoms with Gasteiger partial charge in [0.25, 0.3) is 23.3 Å². The number of imide groups is 1. The van der Waals surface area contributed by atoms with Crippen LogP contribution in [0.3, 0.4) is 0 Å². The van der Waals surface area contributed by atoms with E-state index in [2.05, 4.69) is 15.4 Å². The monoisotopic (exact) mass is 534 g/mol. The first-order valence-corrected chi connectivity index (χ1v) is 13.1. The maximum atomic E-state index is 13.0. The molecule has 2 atom stereocenters. The average molecular weight is 535 g/mol. The third-order valence-electron chi connectivity index (χ3n) is 7.00. The van der Waals surface area contributed by atoms with Gasteiger partial charge in [-0.25, -0.2) is 9.78 Å². The third-order valence-corrected chi connectivity index (χ3v) is 7.00. The molecule has 0 radical (unpaired) electrons. The second-order valence-corrected chi connectivity index (χ2v) is 9.69. The Labute approximate surface area is 223 Å². The first kappa shape index (κ1) is 26.1. The van der Waals surface area contributed by atoms with Gasteiger partial charge >= 0.3 is 5.69 Å². The molecule has 1 aliphatic carbocycles. The van der Waals surface area contributed by atoms with Crippen molar-refractivity contribution in [2.24, 2.45) is 11.8 Å². The van der Waals surface area contributed by atoms with Gasteiger partial charge in [0.1, 0.15) is 17.1 Å². The Bertz CT molecular complexity index is 1550. The summed E-state index contributed by atoms with van der Waals surface area (Å²) < 4.78 is 8.29. The van der Waals surface area contributed by atoms with E-state index in [1.165, 1.54) is 9.13 Å². The van der Waals surface area contributed by atoms with E-state index >= 15 is 0 Å². The van der Waals surface area contributed by atoms with Gasteiger partial charge < -0.3 is 9.72 Å². The molecule has 2 aliphatic rings. The maximum absolute atomic E-state index is 13.0. The number of hydrogen-bond acceptors (Lipinski definition) is 7. The number of nitrogens with one attached hydrogen (secondary N) is 2. The predicted molar refractivity (Wildman–Crippen MR) is 141 cm³/mol. The molecule has 3 heterocycles. The number of carbonyl (C=O) groups excluding carboxylic acids is 3. The highest BCUT2D eigenvalue weighted by Crippen LogP contribution is 2.34. The largest absolute Gasteiger partial charge is 0.484 e. The number of hydrazine groups is 1. The van der Waals surface area contributed by atoms with Crippen molar-refractivity contribution in [3.63, 3.8) is 0 Å². The van der Waals surface area contributed by atoms with Gasteiger partial charge in [-0.2, -0.15) is 5.01 Å². The Morgan fingerprint density at radius 1 is 0.974 bits per heavy atom. The topological polar surface area (TPSA) is 148 Å². The molecular weight excluding hydrogens is 504 g/mol. The third kappa shape index (κ3) is 4.77. The summed E-state index contributed by atoms with van der Waals surface area (Å²) in [6, 6.07) is 6.69. The highest BCUT2D eigenvalue weighted by Gasteiger charge is 2.48. The zero-order valence-corrected chi connectivity index (χ0v) is 21.8. The summed E-state index contributed by atoms with van der Waals surface area (Å²) in [5.41, 5.74) is 2.83. The molecule has 3 amide bonds. The van der Waals surface area contributed by atoms with E-state index in [0.717, 1.165) is 5.01 Å². The molecule has 1 aromatic carbocycles. The minimum absolute atomic E-state index is 0.269. The number of imidazole rings is 1. The van der Waals surface area contributed by atoms with Crippen LogP contribution in [0.5, 0.6) is 5.75 Å². The smallest absolute Gasteiger partial charge is 0.332 e. The first-order chi connectivity index (χ1) is 18.8. The summed E-state index contributed by atoms with van der Waals surface area (Å²) in [7, 11) is 0. The van der Waals surface area contributed by atoms with Crippen LogP contribution in [0.1, 0.15) is 39.5 Å².